The molecule has 4 heavy (non-hydrogen) atoms. The number of hydrogen-bond acceptors (Lipinski definition) is 0. The van der Waals surface area contributed by atoms with Crippen molar-refractivity contribution in [1.29, 1.82) is 0 Å². The molecular formula is CoNiO2. The maximum Gasteiger partial charge on any atom is 2.00 e. The van der Waals surface area contributed by atoms with Crippen LogP contribution in [-0.2, 0) is 44.2 Å². The van der Waals surface area contributed by atoms with Crippen LogP contribution in [0.2, 0.25) is 0 Å². The first-order valence-electron chi connectivity index (χ1n) is 0. The molecule has 0 aromatic heterocycles. The van der Waals surface area contributed by atoms with Gasteiger partial charge in [0.2, 0.25) is 0 Å². The fourth-order valence-electron chi connectivity index (χ4n) is 0. The van der Waals surface area contributed by atoms with Crippen molar-refractivity contribution in [3.8, 4) is 0 Å². The van der Waals surface area contributed by atoms with Crippen molar-refractivity contribution in [3.05, 3.63) is 0 Å². The largest absolute Gasteiger partial charge is 2.00 e. The van der Waals surface area contributed by atoms with E-state index >= 15 is 0 Å². The Hall–Kier alpha value is 0.920. The summed E-state index contributed by atoms with van der Waals surface area (Å²) in [4.78, 5) is 0. The molecule has 1 radical (unpaired) electrons. The molecule has 0 aliphatic rings. The molecule has 4 heteroatoms. The maximum atomic E-state index is 0. The molecule has 0 saturated carbocycles. The molecule has 0 fully saturated rings. The van der Waals surface area contributed by atoms with E-state index in [0.29, 0.717) is 0 Å². The smallest absolute Gasteiger partial charge is 2.00 e. The van der Waals surface area contributed by atoms with Gasteiger partial charge in [-0.15, -0.1) is 0 Å². The molecule has 0 N–H and O–H groups in total. The minimum absolute atomic E-state index is 0. The van der Waals surface area contributed by atoms with Crippen molar-refractivity contribution in [3.63, 3.8) is 0 Å². The summed E-state index contributed by atoms with van der Waals surface area (Å²) in [5, 5.41) is 0. The van der Waals surface area contributed by atoms with Crippen LogP contribution in [0.3, 0.4) is 0 Å². The first-order chi connectivity index (χ1) is 0. The monoisotopic (exact) mass is 149 g/mol. The zero-order valence-corrected chi connectivity index (χ0v) is 3.49. The predicted molar refractivity (Wildman–Crippen MR) is 1.37 cm³/mol. The average Bonchev–Trinajstić information content (AvgIpc) is 0. The summed E-state index contributed by atoms with van der Waals surface area (Å²) in [6, 6.07) is 0. The molecule has 0 spiro atoms. The van der Waals surface area contributed by atoms with E-state index < -0.39 is 0 Å². The van der Waals surface area contributed by atoms with E-state index in [1.807, 2.05) is 0 Å². The molecular weight excluding hydrogens is 150 g/mol. The summed E-state index contributed by atoms with van der Waals surface area (Å²) < 4.78 is 0. The number of rotatable bonds is 0. The normalized spacial score (nSPS) is 0. The van der Waals surface area contributed by atoms with Gasteiger partial charge in [-0.3, -0.25) is 0 Å². The Morgan fingerprint density at radius 2 is 0.750 bits per heavy atom. The fraction of sp³-hybridized carbons (Fsp3) is 0. The number of hydrogen-bond donors (Lipinski definition) is 0. The molecule has 31 valence electrons. The Bertz CT molecular complexity index is 6.00. The van der Waals surface area contributed by atoms with Crippen molar-refractivity contribution in [2.75, 3.05) is 0 Å². The van der Waals surface area contributed by atoms with Crippen molar-refractivity contribution in [2.45, 2.75) is 0 Å². The van der Waals surface area contributed by atoms with Gasteiger partial charge in [0, 0.05) is 0 Å². The molecule has 0 heterocycles. The van der Waals surface area contributed by atoms with Gasteiger partial charge in [0.1, 0.15) is 0 Å². The molecule has 0 atom stereocenters. The summed E-state index contributed by atoms with van der Waals surface area (Å²) in [5.74, 6) is 0. The van der Waals surface area contributed by atoms with Gasteiger partial charge in [-0.1, -0.05) is 0 Å². The summed E-state index contributed by atoms with van der Waals surface area (Å²) in [6.07, 6.45) is 0. The molecule has 0 bridgehead atoms. The second-order valence-corrected chi connectivity index (χ2v) is 0. The predicted octanol–water partition coefficient (Wildman–Crippen LogP) is -0.243. The van der Waals surface area contributed by atoms with E-state index in [4.69, 9.17) is 0 Å². The van der Waals surface area contributed by atoms with Gasteiger partial charge in [-0.05, 0) is 0 Å². The van der Waals surface area contributed by atoms with Gasteiger partial charge in [-0.2, -0.15) is 0 Å². The van der Waals surface area contributed by atoms with Crippen molar-refractivity contribution in [2.24, 2.45) is 0 Å². The maximum absolute atomic E-state index is 0. The topological polar surface area (TPSA) is 57.0 Å². The summed E-state index contributed by atoms with van der Waals surface area (Å²) >= 11 is 0. The van der Waals surface area contributed by atoms with Gasteiger partial charge >= 0.3 is 33.3 Å². The van der Waals surface area contributed by atoms with Crippen LogP contribution in [-0.4, -0.2) is 0 Å². The van der Waals surface area contributed by atoms with Gasteiger partial charge in [0.05, 0.1) is 0 Å². The molecule has 0 saturated heterocycles. The third kappa shape index (κ3) is 12.7. The third-order valence-electron chi connectivity index (χ3n) is 0. The standard InChI is InChI=1S/Co.Ni.2O/q2*+2;2*-2. The Kier molecular flexibility index (Phi) is 882. The summed E-state index contributed by atoms with van der Waals surface area (Å²) in [5.41, 5.74) is 0. The van der Waals surface area contributed by atoms with Crippen LogP contribution in [0.25, 0.3) is 0 Å². The quantitative estimate of drug-likeness (QED) is 0.427. The third-order valence-corrected chi connectivity index (χ3v) is 0. The Morgan fingerprint density at radius 1 is 0.750 bits per heavy atom. The Morgan fingerprint density at radius 3 is 0.750 bits per heavy atom. The Labute approximate surface area is 44.7 Å². The van der Waals surface area contributed by atoms with Crippen LogP contribution in [0.5, 0.6) is 0 Å². The minimum atomic E-state index is 0. The molecule has 0 aromatic carbocycles. The fourth-order valence-corrected chi connectivity index (χ4v) is 0. The Balaban J connectivity index is 0. The van der Waals surface area contributed by atoms with Crippen molar-refractivity contribution in [1.82, 2.24) is 0 Å². The van der Waals surface area contributed by atoms with E-state index in [2.05, 4.69) is 0 Å². The van der Waals surface area contributed by atoms with Gasteiger partial charge in [0.15, 0.2) is 0 Å². The van der Waals surface area contributed by atoms with E-state index in [-0.39, 0.29) is 44.2 Å². The van der Waals surface area contributed by atoms with Crippen LogP contribution < -0.4 is 0 Å². The summed E-state index contributed by atoms with van der Waals surface area (Å²) in [7, 11) is 0. The first kappa shape index (κ1) is 89.3. The van der Waals surface area contributed by atoms with Crippen LogP contribution in [0.15, 0.2) is 0 Å². The molecule has 0 aliphatic heterocycles. The van der Waals surface area contributed by atoms with E-state index in [9.17, 15) is 0 Å². The first-order valence-corrected chi connectivity index (χ1v) is 0. The van der Waals surface area contributed by atoms with E-state index in [0.717, 1.165) is 0 Å². The molecule has 0 rings (SSSR count). The van der Waals surface area contributed by atoms with Gasteiger partial charge < -0.3 is 11.0 Å². The molecule has 2 nitrogen and oxygen atoms in total. The van der Waals surface area contributed by atoms with Crippen LogP contribution >= 0.6 is 0 Å². The second kappa shape index (κ2) is 39.5. The minimum Gasteiger partial charge on any atom is -2.00 e. The molecule has 0 amide bonds. The summed E-state index contributed by atoms with van der Waals surface area (Å²) in [6.45, 7) is 0. The van der Waals surface area contributed by atoms with E-state index in [1.54, 1.807) is 0 Å². The van der Waals surface area contributed by atoms with Crippen LogP contribution in [0, 0.1) is 0 Å². The van der Waals surface area contributed by atoms with E-state index in [1.165, 1.54) is 0 Å². The van der Waals surface area contributed by atoms with Crippen LogP contribution in [0.4, 0.5) is 0 Å². The molecule has 0 aromatic rings. The van der Waals surface area contributed by atoms with Gasteiger partial charge in [0.25, 0.3) is 0 Å². The zero-order valence-electron chi connectivity index (χ0n) is 1.47. The van der Waals surface area contributed by atoms with Crippen molar-refractivity contribution >= 4 is 0 Å². The van der Waals surface area contributed by atoms with Crippen LogP contribution in [0.1, 0.15) is 0 Å². The molecule has 0 unspecified atom stereocenters. The van der Waals surface area contributed by atoms with Crippen molar-refractivity contribution < 1.29 is 44.2 Å². The molecule has 0 aliphatic carbocycles. The van der Waals surface area contributed by atoms with Gasteiger partial charge in [-0.25, -0.2) is 0 Å². The SMILES string of the molecule is [Co+2].[Ni+2].[O-2].[O-2]. The second-order valence-electron chi connectivity index (χ2n) is 0. The average molecular weight is 150 g/mol. The zero-order chi connectivity index (χ0) is 0.